The highest BCUT2D eigenvalue weighted by Crippen LogP contribution is 2.18. The lowest BCUT2D eigenvalue weighted by atomic mass is 10.1. The van der Waals surface area contributed by atoms with Crippen LogP contribution in [-0.4, -0.2) is 24.3 Å². The smallest absolute Gasteiger partial charge is 0.255 e. The molecule has 0 bridgehead atoms. The van der Waals surface area contributed by atoms with Gasteiger partial charge < -0.3 is 14.6 Å². The zero-order chi connectivity index (χ0) is 15.9. The summed E-state index contributed by atoms with van der Waals surface area (Å²) in [4.78, 5) is 12.8. The van der Waals surface area contributed by atoms with E-state index in [1.165, 1.54) is 25.7 Å². The van der Waals surface area contributed by atoms with Gasteiger partial charge in [0.1, 0.15) is 0 Å². The summed E-state index contributed by atoms with van der Waals surface area (Å²) in [6, 6.07) is 4.71. The van der Waals surface area contributed by atoms with Crippen LogP contribution in [0.1, 0.15) is 63.1 Å². The molecule has 1 fully saturated rings. The lowest BCUT2D eigenvalue weighted by molar-refractivity contribution is 0.189. The molecule has 0 unspecified atom stereocenters. The maximum atomic E-state index is 12.8. The Morgan fingerprint density at radius 2 is 2.05 bits per heavy atom. The molecule has 4 heteroatoms. The number of aromatic nitrogens is 1. The summed E-state index contributed by atoms with van der Waals surface area (Å²) < 4.78 is 7.06. The van der Waals surface area contributed by atoms with Gasteiger partial charge in [0.15, 0.2) is 0 Å². The molecule has 1 N–H and O–H groups in total. The second kappa shape index (κ2) is 8.49. The fraction of sp³-hybridized carbons (Fsp3) is 0.722. The molecule has 0 radical (unpaired) electrons. The van der Waals surface area contributed by atoms with E-state index in [-0.39, 0.29) is 5.56 Å². The lowest BCUT2D eigenvalue weighted by Crippen LogP contribution is -2.33. The topological polar surface area (TPSA) is 43.3 Å². The maximum absolute atomic E-state index is 12.8. The molecule has 2 rings (SSSR count). The summed E-state index contributed by atoms with van der Waals surface area (Å²) >= 11 is 0. The standard InChI is InChI=1S/C18H30N2O2/c1-14(2)17-10-9-15(13-19-16-7-4-5-8-16)18(21)20(17)11-6-12-22-3/h9-10,14,16,19H,4-8,11-13H2,1-3H3. The third-order valence-electron chi connectivity index (χ3n) is 4.54. The van der Waals surface area contributed by atoms with Crippen LogP contribution in [0.3, 0.4) is 0 Å². The van der Waals surface area contributed by atoms with Gasteiger partial charge in [-0.2, -0.15) is 0 Å². The van der Waals surface area contributed by atoms with E-state index in [0.29, 0.717) is 25.1 Å². The molecule has 0 aliphatic heterocycles. The normalized spacial score (nSPS) is 15.8. The molecule has 1 aliphatic rings. The largest absolute Gasteiger partial charge is 0.385 e. The minimum Gasteiger partial charge on any atom is -0.385 e. The minimum absolute atomic E-state index is 0.160. The van der Waals surface area contributed by atoms with E-state index in [1.54, 1.807) is 7.11 Å². The van der Waals surface area contributed by atoms with Crippen LogP contribution in [0.5, 0.6) is 0 Å². The molecule has 1 aromatic rings. The third-order valence-corrected chi connectivity index (χ3v) is 4.54. The van der Waals surface area contributed by atoms with Gasteiger partial charge in [0.25, 0.3) is 5.56 Å². The Morgan fingerprint density at radius 1 is 1.32 bits per heavy atom. The van der Waals surface area contributed by atoms with Gasteiger partial charge >= 0.3 is 0 Å². The van der Waals surface area contributed by atoms with E-state index < -0.39 is 0 Å². The van der Waals surface area contributed by atoms with Gasteiger partial charge in [-0.05, 0) is 31.2 Å². The van der Waals surface area contributed by atoms with Crippen molar-refractivity contribution in [2.75, 3.05) is 13.7 Å². The van der Waals surface area contributed by atoms with E-state index >= 15 is 0 Å². The van der Waals surface area contributed by atoms with Crippen LogP contribution in [0.4, 0.5) is 0 Å². The van der Waals surface area contributed by atoms with Crippen LogP contribution in [0, 0.1) is 0 Å². The fourth-order valence-corrected chi connectivity index (χ4v) is 3.26. The summed E-state index contributed by atoms with van der Waals surface area (Å²) in [5.41, 5.74) is 2.16. The molecule has 1 saturated carbocycles. The number of rotatable bonds is 8. The molecule has 1 aromatic heterocycles. The zero-order valence-corrected chi connectivity index (χ0v) is 14.2. The van der Waals surface area contributed by atoms with Crippen molar-refractivity contribution in [2.45, 2.75) is 71.0 Å². The molecule has 1 aliphatic carbocycles. The predicted octanol–water partition coefficient (Wildman–Crippen LogP) is 3.04. The van der Waals surface area contributed by atoms with E-state index in [4.69, 9.17) is 4.74 Å². The van der Waals surface area contributed by atoms with Gasteiger partial charge in [0.2, 0.25) is 0 Å². The average Bonchev–Trinajstić information content (AvgIpc) is 3.00. The molecule has 124 valence electrons. The highest BCUT2D eigenvalue weighted by molar-refractivity contribution is 5.18. The Morgan fingerprint density at radius 3 is 2.68 bits per heavy atom. The zero-order valence-electron chi connectivity index (χ0n) is 14.2. The van der Waals surface area contributed by atoms with Crippen LogP contribution in [0.15, 0.2) is 16.9 Å². The van der Waals surface area contributed by atoms with Crippen molar-refractivity contribution in [2.24, 2.45) is 0 Å². The number of methoxy groups -OCH3 is 1. The Bertz CT molecular complexity index is 516. The van der Waals surface area contributed by atoms with Gasteiger partial charge in [-0.1, -0.05) is 32.8 Å². The second-order valence-corrected chi connectivity index (χ2v) is 6.60. The predicted molar refractivity (Wildman–Crippen MR) is 90.4 cm³/mol. The number of nitrogens with one attached hydrogen (secondary N) is 1. The Kier molecular flexibility index (Phi) is 6.65. The Balaban J connectivity index is 2.12. The van der Waals surface area contributed by atoms with Gasteiger partial charge in [-0.3, -0.25) is 4.79 Å². The van der Waals surface area contributed by atoms with Crippen molar-refractivity contribution in [3.05, 3.63) is 33.7 Å². The molecule has 1 heterocycles. The summed E-state index contributed by atoms with van der Waals surface area (Å²) in [5, 5.41) is 3.54. The van der Waals surface area contributed by atoms with Gasteiger partial charge in [-0.15, -0.1) is 0 Å². The SMILES string of the molecule is COCCCn1c(C(C)C)ccc(CNC2CCCC2)c1=O. The molecule has 0 spiro atoms. The fourth-order valence-electron chi connectivity index (χ4n) is 3.26. The van der Waals surface area contributed by atoms with Crippen LogP contribution in [-0.2, 0) is 17.8 Å². The first-order valence-corrected chi connectivity index (χ1v) is 8.58. The van der Waals surface area contributed by atoms with Crippen LogP contribution >= 0.6 is 0 Å². The molecule has 0 amide bonds. The Hall–Kier alpha value is -1.13. The van der Waals surface area contributed by atoms with Gasteiger partial charge in [0.05, 0.1) is 0 Å². The number of hydrogen-bond acceptors (Lipinski definition) is 3. The van der Waals surface area contributed by atoms with Gasteiger partial charge in [-0.25, -0.2) is 0 Å². The van der Waals surface area contributed by atoms with Crippen molar-refractivity contribution >= 4 is 0 Å². The van der Waals surface area contributed by atoms with Crippen LogP contribution in [0.25, 0.3) is 0 Å². The molecule has 22 heavy (non-hydrogen) atoms. The number of pyridine rings is 1. The number of nitrogens with zero attached hydrogens (tertiary/aromatic N) is 1. The summed E-state index contributed by atoms with van der Waals surface area (Å²) in [6.45, 7) is 6.38. The number of ether oxygens (including phenoxy) is 1. The molecular weight excluding hydrogens is 276 g/mol. The Labute approximate surface area is 133 Å². The van der Waals surface area contributed by atoms with Crippen LogP contribution in [0.2, 0.25) is 0 Å². The third kappa shape index (κ3) is 4.43. The molecule has 0 aromatic carbocycles. The molecule has 4 nitrogen and oxygen atoms in total. The van der Waals surface area contributed by atoms with E-state index in [1.807, 2.05) is 10.6 Å². The quantitative estimate of drug-likeness (QED) is 0.751. The lowest BCUT2D eigenvalue weighted by Gasteiger charge is -2.18. The maximum Gasteiger partial charge on any atom is 0.255 e. The second-order valence-electron chi connectivity index (χ2n) is 6.60. The first-order valence-electron chi connectivity index (χ1n) is 8.58. The minimum atomic E-state index is 0.160. The number of hydrogen-bond donors (Lipinski definition) is 1. The van der Waals surface area contributed by atoms with Crippen molar-refractivity contribution in [3.63, 3.8) is 0 Å². The van der Waals surface area contributed by atoms with Crippen molar-refractivity contribution in [1.29, 1.82) is 0 Å². The highest BCUT2D eigenvalue weighted by Gasteiger charge is 2.16. The highest BCUT2D eigenvalue weighted by atomic mass is 16.5. The average molecular weight is 306 g/mol. The van der Waals surface area contributed by atoms with Crippen molar-refractivity contribution in [1.82, 2.24) is 9.88 Å². The van der Waals surface area contributed by atoms with Gasteiger partial charge in [0, 0.05) is 44.1 Å². The van der Waals surface area contributed by atoms with E-state index in [9.17, 15) is 4.79 Å². The first-order chi connectivity index (χ1) is 10.6. The van der Waals surface area contributed by atoms with E-state index in [2.05, 4.69) is 25.2 Å². The first kappa shape index (κ1) is 17.2. The molecular formula is C18H30N2O2. The molecule has 0 atom stereocenters. The summed E-state index contributed by atoms with van der Waals surface area (Å²) in [7, 11) is 1.70. The van der Waals surface area contributed by atoms with Crippen molar-refractivity contribution in [3.8, 4) is 0 Å². The monoisotopic (exact) mass is 306 g/mol. The summed E-state index contributed by atoms with van der Waals surface area (Å²) in [6.07, 6.45) is 5.98. The summed E-state index contributed by atoms with van der Waals surface area (Å²) in [5.74, 6) is 0.354. The molecule has 0 saturated heterocycles. The van der Waals surface area contributed by atoms with Crippen molar-refractivity contribution < 1.29 is 4.74 Å². The van der Waals surface area contributed by atoms with Crippen LogP contribution < -0.4 is 10.9 Å². The van der Waals surface area contributed by atoms with E-state index in [0.717, 1.165) is 24.2 Å².